The Balaban J connectivity index is 1.46. The highest BCUT2D eigenvalue weighted by Gasteiger charge is 2.37. The molecule has 126 valence electrons. The number of anilines is 1. The first kappa shape index (κ1) is 15.4. The van der Waals surface area contributed by atoms with Crippen LogP contribution in [0.15, 0.2) is 18.3 Å². The van der Waals surface area contributed by atoms with Gasteiger partial charge < -0.3 is 10.5 Å². The van der Waals surface area contributed by atoms with Gasteiger partial charge in [0.25, 0.3) is 0 Å². The van der Waals surface area contributed by atoms with Gasteiger partial charge in [0.05, 0.1) is 0 Å². The summed E-state index contributed by atoms with van der Waals surface area (Å²) >= 11 is 0. The average Bonchev–Trinajstić information content (AvgIpc) is 2.90. The summed E-state index contributed by atoms with van der Waals surface area (Å²) in [6.45, 7) is 6.50. The molecule has 0 saturated carbocycles. The monoisotopic (exact) mass is 316 g/mol. The highest BCUT2D eigenvalue weighted by molar-refractivity contribution is 5.38. The largest absolute Gasteiger partial charge is 0.383 e. The molecule has 5 nitrogen and oxygen atoms in total. The third-order valence-corrected chi connectivity index (χ3v) is 5.86. The van der Waals surface area contributed by atoms with Crippen molar-refractivity contribution in [1.82, 2.24) is 14.8 Å². The normalized spacial score (nSPS) is 30.4. The molecule has 5 heteroatoms. The number of nitrogens with zero attached hydrogens (tertiary/aromatic N) is 3. The molecule has 2 N–H and O–H groups in total. The van der Waals surface area contributed by atoms with Gasteiger partial charge in [-0.3, -0.25) is 9.80 Å². The van der Waals surface area contributed by atoms with Gasteiger partial charge in [-0.2, -0.15) is 0 Å². The van der Waals surface area contributed by atoms with E-state index in [4.69, 9.17) is 10.5 Å². The van der Waals surface area contributed by atoms with Gasteiger partial charge in [-0.05, 0) is 37.7 Å². The van der Waals surface area contributed by atoms with E-state index in [1.54, 1.807) is 6.20 Å². The van der Waals surface area contributed by atoms with Crippen LogP contribution in [0.4, 0.5) is 5.82 Å². The zero-order valence-electron chi connectivity index (χ0n) is 13.9. The topological polar surface area (TPSA) is 54.6 Å². The van der Waals surface area contributed by atoms with E-state index in [2.05, 4.69) is 20.9 Å². The Bertz CT molecular complexity index is 532. The predicted molar refractivity (Wildman–Crippen MR) is 91.0 cm³/mol. The molecule has 4 aliphatic rings. The van der Waals surface area contributed by atoms with Crippen molar-refractivity contribution in [3.05, 3.63) is 23.9 Å². The van der Waals surface area contributed by atoms with Crippen molar-refractivity contribution in [1.29, 1.82) is 0 Å². The van der Waals surface area contributed by atoms with Crippen LogP contribution < -0.4 is 5.73 Å². The quantitative estimate of drug-likeness (QED) is 0.920. The van der Waals surface area contributed by atoms with Crippen LogP contribution in [0.25, 0.3) is 0 Å². The molecule has 2 atom stereocenters. The zero-order valence-corrected chi connectivity index (χ0v) is 13.9. The first-order valence-electron chi connectivity index (χ1n) is 9.05. The summed E-state index contributed by atoms with van der Waals surface area (Å²) in [5.74, 6) is 1.49. The molecular formula is C18H28N4O. The second kappa shape index (κ2) is 6.75. The van der Waals surface area contributed by atoms with E-state index >= 15 is 0 Å². The molecule has 23 heavy (non-hydrogen) atoms. The Kier molecular flexibility index (Phi) is 4.51. The molecule has 5 rings (SSSR count). The Morgan fingerprint density at radius 2 is 1.96 bits per heavy atom. The number of piperidine rings is 1. The van der Waals surface area contributed by atoms with Gasteiger partial charge >= 0.3 is 0 Å². The molecule has 0 aliphatic carbocycles. The van der Waals surface area contributed by atoms with Crippen LogP contribution in [0.3, 0.4) is 0 Å². The van der Waals surface area contributed by atoms with Crippen molar-refractivity contribution in [2.24, 2.45) is 5.92 Å². The third-order valence-electron chi connectivity index (χ3n) is 5.86. The molecule has 0 amide bonds. The summed E-state index contributed by atoms with van der Waals surface area (Å²) in [4.78, 5) is 9.66. The number of aromatic nitrogens is 1. The molecular weight excluding hydrogens is 288 g/mol. The van der Waals surface area contributed by atoms with Crippen LogP contribution in [0.1, 0.15) is 31.2 Å². The maximum absolute atomic E-state index is 6.06. The summed E-state index contributed by atoms with van der Waals surface area (Å²) in [5, 5.41) is 0. The molecule has 5 heterocycles. The molecule has 0 unspecified atom stereocenters. The number of nitrogen functional groups attached to an aromatic ring is 1. The van der Waals surface area contributed by atoms with Gasteiger partial charge in [0.15, 0.2) is 0 Å². The van der Waals surface area contributed by atoms with E-state index in [1.165, 1.54) is 50.9 Å². The lowest BCUT2D eigenvalue weighted by Crippen LogP contribution is -2.45. The summed E-state index contributed by atoms with van der Waals surface area (Å²) < 4.78 is 5.55. The average molecular weight is 316 g/mol. The van der Waals surface area contributed by atoms with Crippen LogP contribution >= 0.6 is 0 Å². The van der Waals surface area contributed by atoms with E-state index in [9.17, 15) is 0 Å². The number of pyridine rings is 1. The lowest BCUT2D eigenvalue weighted by atomic mass is 9.94. The Morgan fingerprint density at radius 1 is 1.09 bits per heavy atom. The minimum atomic E-state index is 0.663. The fourth-order valence-corrected chi connectivity index (χ4v) is 4.56. The van der Waals surface area contributed by atoms with Gasteiger partial charge in [-0.15, -0.1) is 0 Å². The van der Waals surface area contributed by atoms with Crippen LogP contribution in [-0.2, 0) is 11.3 Å². The van der Waals surface area contributed by atoms with Gasteiger partial charge in [0.1, 0.15) is 5.82 Å². The summed E-state index contributed by atoms with van der Waals surface area (Å²) in [6.07, 6.45) is 6.89. The van der Waals surface area contributed by atoms with E-state index in [-0.39, 0.29) is 0 Å². The lowest BCUT2D eigenvalue weighted by Gasteiger charge is -2.37. The molecule has 4 fully saturated rings. The van der Waals surface area contributed by atoms with E-state index in [0.717, 1.165) is 31.7 Å². The molecule has 4 saturated heterocycles. The van der Waals surface area contributed by atoms with Gasteiger partial charge in [0.2, 0.25) is 0 Å². The van der Waals surface area contributed by atoms with Crippen molar-refractivity contribution < 1.29 is 4.74 Å². The van der Waals surface area contributed by atoms with Crippen LogP contribution in [0.2, 0.25) is 0 Å². The van der Waals surface area contributed by atoms with Crippen molar-refractivity contribution in [2.45, 2.75) is 44.3 Å². The van der Waals surface area contributed by atoms with Crippen LogP contribution in [-0.4, -0.2) is 59.7 Å². The number of fused-ring (bicyclic) bond motifs is 4. The standard InChI is InChI=1S/C18H28N4O/c19-18-15(2-1-7-20-18)12-21-10-14-3-4-17(21)13-22(11-14)16-5-8-23-9-6-16/h1-2,7,14,16-17H,3-6,8-13H2,(H2,19,20)/t14-,17-/m0/s1. The fourth-order valence-electron chi connectivity index (χ4n) is 4.56. The molecule has 1 aromatic heterocycles. The molecule has 0 radical (unpaired) electrons. The first-order valence-corrected chi connectivity index (χ1v) is 9.05. The second-order valence-electron chi connectivity index (χ2n) is 7.37. The van der Waals surface area contributed by atoms with Crippen LogP contribution in [0, 0.1) is 5.92 Å². The molecule has 0 aromatic carbocycles. The number of nitrogens with two attached hydrogens (primary N) is 1. The highest BCUT2D eigenvalue weighted by atomic mass is 16.5. The minimum Gasteiger partial charge on any atom is -0.383 e. The Labute approximate surface area is 138 Å². The maximum Gasteiger partial charge on any atom is 0.127 e. The molecule has 0 spiro atoms. The molecule has 2 bridgehead atoms. The van der Waals surface area contributed by atoms with Crippen molar-refractivity contribution in [2.75, 3.05) is 38.6 Å². The lowest BCUT2D eigenvalue weighted by molar-refractivity contribution is 0.0307. The van der Waals surface area contributed by atoms with Crippen LogP contribution in [0.5, 0.6) is 0 Å². The fraction of sp³-hybridized carbons (Fsp3) is 0.722. The summed E-state index contributed by atoms with van der Waals surface area (Å²) in [7, 11) is 0. The highest BCUT2D eigenvalue weighted by Crippen LogP contribution is 2.32. The van der Waals surface area contributed by atoms with Crippen molar-refractivity contribution >= 4 is 5.82 Å². The second-order valence-corrected chi connectivity index (χ2v) is 7.37. The Hall–Kier alpha value is -1.17. The number of hydrogen-bond donors (Lipinski definition) is 1. The number of rotatable bonds is 3. The summed E-state index contributed by atoms with van der Waals surface area (Å²) in [5.41, 5.74) is 7.24. The number of ether oxygens (including phenoxy) is 1. The Morgan fingerprint density at radius 3 is 2.78 bits per heavy atom. The van der Waals surface area contributed by atoms with Gasteiger partial charge in [-0.25, -0.2) is 4.98 Å². The van der Waals surface area contributed by atoms with Gasteiger partial charge in [0, 0.05) is 63.2 Å². The zero-order chi connectivity index (χ0) is 15.6. The predicted octanol–water partition coefficient (Wildman–Crippen LogP) is 1.74. The maximum atomic E-state index is 6.06. The SMILES string of the molecule is Nc1ncccc1CN1C[C@@H]2CC[C@H]1CN(C1CCOCC1)C2. The van der Waals surface area contributed by atoms with Crippen molar-refractivity contribution in [3.63, 3.8) is 0 Å². The molecule has 1 aromatic rings. The minimum absolute atomic E-state index is 0.663. The van der Waals surface area contributed by atoms with Gasteiger partial charge in [-0.1, -0.05) is 6.07 Å². The van der Waals surface area contributed by atoms with E-state index in [1.807, 2.05) is 6.07 Å². The van der Waals surface area contributed by atoms with E-state index in [0.29, 0.717) is 11.9 Å². The van der Waals surface area contributed by atoms with Crippen molar-refractivity contribution in [3.8, 4) is 0 Å². The third kappa shape index (κ3) is 3.37. The molecule has 4 aliphatic heterocycles. The first-order chi connectivity index (χ1) is 11.3. The smallest absolute Gasteiger partial charge is 0.127 e. The summed E-state index contributed by atoms with van der Waals surface area (Å²) in [6, 6.07) is 5.51. The van der Waals surface area contributed by atoms with E-state index < -0.39 is 0 Å². The number of hydrogen-bond acceptors (Lipinski definition) is 5.